The Morgan fingerprint density at radius 3 is 2.56 bits per heavy atom. The molecule has 0 aliphatic carbocycles. The molecule has 1 saturated heterocycles. The number of carbonyl (C=O) groups excluding carboxylic acids is 2. The van der Waals surface area contributed by atoms with Crippen LogP contribution in [0.3, 0.4) is 0 Å². The molecule has 1 heterocycles. The lowest BCUT2D eigenvalue weighted by Gasteiger charge is -2.08. The van der Waals surface area contributed by atoms with Crippen LogP contribution >= 0.6 is 0 Å². The van der Waals surface area contributed by atoms with Crippen LogP contribution in [0.1, 0.15) is 17.5 Å². The van der Waals surface area contributed by atoms with E-state index in [4.69, 9.17) is 0 Å². The zero-order valence-corrected chi connectivity index (χ0v) is 9.12. The number of nitrogens with one attached hydrogen (secondary N) is 2. The van der Waals surface area contributed by atoms with Crippen molar-refractivity contribution in [3.05, 3.63) is 35.4 Å². The van der Waals surface area contributed by atoms with E-state index in [0.717, 1.165) is 5.56 Å². The second kappa shape index (κ2) is 4.45. The van der Waals surface area contributed by atoms with Crippen molar-refractivity contribution in [3.8, 4) is 0 Å². The van der Waals surface area contributed by atoms with Crippen LogP contribution in [0.4, 0.5) is 0 Å². The van der Waals surface area contributed by atoms with Crippen LogP contribution < -0.4 is 10.6 Å². The molecule has 1 aliphatic heterocycles. The number of hydrogen-bond donors (Lipinski definition) is 2. The highest BCUT2D eigenvalue weighted by Gasteiger charge is 2.29. The summed E-state index contributed by atoms with van der Waals surface area (Å²) in [7, 11) is 0. The van der Waals surface area contributed by atoms with E-state index < -0.39 is 0 Å². The molecule has 0 bridgehead atoms. The Kier molecular flexibility index (Phi) is 3.01. The van der Waals surface area contributed by atoms with Gasteiger partial charge in [0, 0.05) is 6.54 Å². The van der Waals surface area contributed by atoms with Crippen molar-refractivity contribution in [2.75, 3.05) is 0 Å². The molecule has 1 atom stereocenters. The summed E-state index contributed by atoms with van der Waals surface area (Å²) in [6.07, 6.45) is 0.241. The van der Waals surface area contributed by atoms with E-state index in [1.165, 1.54) is 5.56 Å². The van der Waals surface area contributed by atoms with Gasteiger partial charge in [0.1, 0.15) is 0 Å². The maximum absolute atomic E-state index is 11.3. The van der Waals surface area contributed by atoms with Crippen molar-refractivity contribution in [3.63, 3.8) is 0 Å². The standard InChI is InChI=1S/C12H14N2O2/c1-8-2-4-9(5-3-8)7-13-10-6-11(15)14-12(10)16/h2-5,10,13H,6-7H2,1H3,(H,14,15,16)/t10-/m1/s1. The van der Waals surface area contributed by atoms with Crippen LogP contribution in [0.25, 0.3) is 0 Å². The molecule has 0 aromatic heterocycles. The molecule has 4 nitrogen and oxygen atoms in total. The summed E-state index contributed by atoms with van der Waals surface area (Å²) in [5.41, 5.74) is 2.32. The number of amides is 2. The monoisotopic (exact) mass is 218 g/mol. The van der Waals surface area contributed by atoms with E-state index in [1.807, 2.05) is 31.2 Å². The molecule has 2 N–H and O–H groups in total. The van der Waals surface area contributed by atoms with Crippen molar-refractivity contribution in [1.29, 1.82) is 0 Å². The summed E-state index contributed by atoms with van der Waals surface area (Å²) in [4.78, 5) is 22.2. The van der Waals surface area contributed by atoms with Crippen molar-refractivity contribution in [2.24, 2.45) is 0 Å². The number of aryl methyl sites for hydroxylation is 1. The smallest absolute Gasteiger partial charge is 0.244 e. The van der Waals surface area contributed by atoms with Crippen LogP contribution in [-0.2, 0) is 16.1 Å². The van der Waals surface area contributed by atoms with Crippen molar-refractivity contribution in [2.45, 2.75) is 25.9 Å². The predicted molar refractivity (Wildman–Crippen MR) is 59.6 cm³/mol. The minimum atomic E-state index is -0.381. The van der Waals surface area contributed by atoms with Gasteiger partial charge in [-0.25, -0.2) is 0 Å². The fraction of sp³-hybridized carbons (Fsp3) is 0.333. The summed E-state index contributed by atoms with van der Waals surface area (Å²) in [5, 5.41) is 5.34. The van der Waals surface area contributed by atoms with Crippen molar-refractivity contribution in [1.82, 2.24) is 10.6 Å². The van der Waals surface area contributed by atoms with Gasteiger partial charge in [-0.2, -0.15) is 0 Å². The minimum absolute atomic E-state index is 0.202. The Bertz CT molecular complexity index is 412. The van der Waals surface area contributed by atoms with Crippen molar-refractivity contribution >= 4 is 11.8 Å². The molecule has 2 rings (SSSR count). The predicted octanol–water partition coefficient (Wildman–Crippen LogP) is 0.500. The van der Waals surface area contributed by atoms with Gasteiger partial charge in [0.25, 0.3) is 0 Å². The van der Waals surface area contributed by atoms with E-state index in [1.54, 1.807) is 0 Å². The third kappa shape index (κ3) is 2.46. The Morgan fingerprint density at radius 1 is 1.31 bits per heavy atom. The normalized spacial score (nSPS) is 19.9. The molecule has 16 heavy (non-hydrogen) atoms. The number of benzene rings is 1. The lowest BCUT2D eigenvalue weighted by atomic mass is 10.1. The van der Waals surface area contributed by atoms with Gasteiger partial charge in [0.2, 0.25) is 11.8 Å². The molecule has 1 fully saturated rings. The van der Waals surface area contributed by atoms with Gasteiger partial charge in [0.05, 0.1) is 12.5 Å². The van der Waals surface area contributed by atoms with Crippen LogP contribution in [0.15, 0.2) is 24.3 Å². The zero-order chi connectivity index (χ0) is 11.5. The highest BCUT2D eigenvalue weighted by atomic mass is 16.2. The molecule has 4 heteroatoms. The Morgan fingerprint density at radius 2 is 2.00 bits per heavy atom. The van der Waals surface area contributed by atoms with E-state index in [9.17, 15) is 9.59 Å². The highest BCUT2D eigenvalue weighted by molar-refractivity contribution is 6.05. The summed E-state index contributed by atoms with van der Waals surface area (Å²) in [5.74, 6) is -0.427. The summed E-state index contributed by atoms with van der Waals surface area (Å²) >= 11 is 0. The molecule has 0 unspecified atom stereocenters. The van der Waals surface area contributed by atoms with Gasteiger partial charge < -0.3 is 5.32 Å². The first kappa shape index (κ1) is 10.8. The SMILES string of the molecule is Cc1ccc(CN[C@@H]2CC(=O)NC2=O)cc1. The molecule has 2 amide bonds. The molecular formula is C12H14N2O2. The van der Waals surface area contributed by atoms with Gasteiger partial charge in [0.15, 0.2) is 0 Å². The van der Waals surface area contributed by atoms with Gasteiger partial charge >= 0.3 is 0 Å². The maximum atomic E-state index is 11.3. The van der Waals surface area contributed by atoms with Gasteiger partial charge in [-0.1, -0.05) is 29.8 Å². The first-order valence-corrected chi connectivity index (χ1v) is 5.28. The third-order valence-electron chi connectivity index (χ3n) is 2.64. The lowest BCUT2D eigenvalue weighted by molar-refractivity contribution is -0.125. The summed E-state index contributed by atoms with van der Waals surface area (Å²) in [6, 6.07) is 7.69. The largest absolute Gasteiger partial charge is 0.301 e. The Labute approximate surface area is 94.0 Å². The van der Waals surface area contributed by atoms with Crippen LogP contribution in [0.5, 0.6) is 0 Å². The lowest BCUT2D eigenvalue weighted by Crippen LogP contribution is -2.35. The quantitative estimate of drug-likeness (QED) is 0.726. The average molecular weight is 218 g/mol. The van der Waals surface area contributed by atoms with E-state index >= 15 is 0 Å². The van der Waals surface area contributed by atoms with Gasteiger partial charge in [-0.15, -0.1) is 0 Å². The van der Waals surface area contributed by atoms with Crippen molar-refractivity contribution < 1.29 is 9.59 Å². The second-order valence-electron chi connectivity index (χ2n) is 4.04. The molecule has 0 spiro atoms. The second-order valence-corrected chi connectivity index (χ2v) is 4.04. The van der Waals surface area contributed by atoms with Gasteiger partial charge in [-0.05, 0) is 12.5 Å². The van der Waals surface area contributed by atoms with E-state index in [-0.39, 0.29) is 24.3 Å². The Hall–Kier alpha value is -1.68. The third-order valence-corrected chi connectivity index (χ3v) is 2.64. The Balaban J connectivity index is 1.90. The number of carbonyl (C=O) groups is 2. The van der Waals surface area contributed by atoms with E-state index in [0.29, 0.717) is 6.54 Å². The minimum Gasteiger partial charge on any atom is -0.301 e. The molecule has 84 valence electrons. The first-order chi connectivity index (χ1) is 7.65. The zero-order valence-electron chi connectivity index (χ0n) is 9.12. The fourth-order valence-electron chi connectivity index (χ4n) is 1.67. The van der Waals surface area contributed by atoms with Gasteiger partial charge in [-0.3, -0.25) is 14.9 Å². The highest BCUT2D eigenvalue weighted by Crippen LogP contribution is 2.06. The first-order valence-electron chi connectivity index (χ1n) is 5.28. The number of imide groups is 1. The molecule has 1 aromatic rings. The fourth-order valence-corrected chi connectivity index (χ4v) is 1.67. The molecule has 0 radical (unpaired) electrons. The molecule has 1 aromatic carbocycles. The molecule has 1 aliphatic rings. The average Bonchev–Trinajstić information content (AvgIpc) is 2.57. The summed E-state index contributed by atoms with van der Waals surface area (Å²) < 4.78 is 0. The molecular weight excluding hydrogens is 204 g/mol. The number of rotatable bonds is 3. The number of hydrogen-bond acceptors (Lipinski definition) is 3. The maximum Gasteiger partial charge on any atom is 0.244 e. The van der Waals surface area contributed by atoms with Crippen LogP contribution in [0, 0.1) is 6.92 Å². The van der Waals surface area contributed by atoms with E-state index in [2.05, 4.69) is 10.6 Å². The van der Waals surface area contributed by atoms with Crippen LogP contribution in [-0.4, -0.2) is 17.9 Å². The topological polar surface area (TPSA) is 58.2 Å². The molecule has 0 saturated carbocycles. The summed E-state index contributed by atoms with van der Waals surface area (Å²) in [6.45, 7) is 2.63. The van der Waals surface area contributed by atoms with Crippen LogP contribution in [0.2, 0.25) is 0 Å².